The summed E-state index contributed by atoms with van der Waals surface area (Å²) >= 11 is 0. The quantitative estimate of drug-likeness (QED) is 0.774. The van der Waals surface area contributed by atoms with Crippen LogP contribution < -0.4 is 5.73 Å². The summed E-state index contributed by atoms with van der Waals surface area (Å²) in [5.41, 5.74) is 6.73. The van der Waals surface area contributed by atoms with Gasteiger partial charge < -0.3 is 5.73 Å². The Morgan fingerprint density at radius 2 is 1.81 bits per heavy atom. The molecule has 96 valence electrons. The molecule has 3 heteroatoms. The molecule has 0 radical (unpaired) electrons. The average molecular weight is 227 g/mol. The summed E-state index contributed by atoms with van der Waals surface area (Å²) < 4.78 is 0. The second kappa shape index (κ2) is 4.63. The molecule has 0 aromatic rings. The van der Waals surface area contributed by atoms with Crippen LogP contribution in [0.2, 0.25) is 0 Å². The first kappa shape index (κ1) is 13.9. The maximum absolute atomic E-state index is 6.25. The van der Waals surface area contributed by atoms with Gasteiger partial charge in [-0.15, -0.1) is 0 Å². The van der Waals surface area contributed by atoms with Crippen molar-refractivity contribution in [2.75, 3.05) is 33.2 Å². The predicted octanol–water partition coefficient (Wildman–Crippen LogP) is 1.39. The maximum atomic E-state index is 6.25. The summed E-state index contributed by atoms with van der Waals surface area (Å²) in [6, 6.07) is 0.256. The molecular formula is C13H29N3. The maximum Gasteiger partial charge on any atom is 0.0277 e. The summed E-state index contributed by atoms with van der Waals surface area (Å²) in [6.07, 6.45) is 0. The Morgan fingerprint density at radius 3 is 2.25 bits per heavy atom. The predicted molar refractivity (Wildman–Crippen MR) is 70.6 cm³/mol. The molecule has 3 nitrogen and oxygen atoms in total. The number of likely N-dealkylation sites (N-methyl/N-ethyl adjacent to an activating group) is 1. The van der Waals surface area contributed by atoms with Gasteiger partial charge in [-0.3, -0.25) is 9.80 Å². The molecule has 0 aromatic carbocycles. The number of hydrogen-bond acceptors (Lipinski definition) is 3. The van der Waals surface area contributed by atoms with E-state index in [0.29, 0.717) is 0 Å². The first-order valence-electron chi connectivity index (χ1n) is 6.32. The van der Waals surface area contributed by atoms with E-state index in [-0.39, 0.29) is 17.0 Å². The highest BCUT2D eigenvalue weighted by Crippen LogP contribution is 2.22. The van der Waals surface area contributed by atoms with Crippen LogP contribution in [0, 0.1) is 5.41 Å². The highest BCUT2D eigenvalue weighted by Gasteiger charge is 2.32. The third-order valence-electron chi connectivity index (χ3n) is 3.96. The zero-order valence-electron chi connectivity index (χ0n) is 11.9. The van der Waals surface area contributed by atoms with E-state index in [9.17, 15) is 0 Å². The molecule has 16 heavy (non-hydrogen) atoms. The molecule has 1 aliphatic rings. The molecule has 1 heterocycles. The standard InChI is InChI=1S/C13H29N3/c1-12(2,3)11(14)9-16-8-7-15(6)13(4,5)10-16/h11H,7-10,14H2,1-6H3/t11-/m1/s1. The lowest BCUT2D eigenvalue weighted by Crippen LogP contribution is -2.60. The molecule has 1 saturated heterocycles. The van der Waals surface area contributed by atoms with Crippen LogP contribution in [0.1, 0.15) is 34.6 Å². The van der Waals surface area contributed by atoms with E-state index < -0.39 is 0 Å². The van der Waals surface area contributed by atoms with Gasteiger partial charge in [-0.05, 0) is 26.3 Å². The third kappa shape index (κ3) is 3.44. The van der Waals surface area contributed by atoms with Crippen molar-refractivity contribution < 1.29 is 0 Å². The summed E-state index contributed by atoms with van der Waals surface area (Å²) in [5.74, 6) is 0. The van der Waals surface area contributed by atoms with Gasteiger partial charge in [-0.25, -0.2) is 0 Å². The molecule has 0 amide bonds. The highest BCUT2D eigenvalue weighted by atomic mass is 15.3. The lowest BCUT2D eigenvalue weighted by atomic mass is 9.86. The molecule has 1 atom stereocenters. The van der Waals surface area contributed by atoms with Crippen LogP contribution in [-0.4, -0.2) is 54.6 Å². The molecule has 0 aromatic heterocycles. The Morgan fingerprint density at radius 1 is 1.25 bits per heavy atom. The summed E-state index contributed by atoms with van der Waals surface area (Å²) in [7, 11) is 2.21. The van der Waals surface area contributed by atoms with Gasteiger partial charge in [0.2, 0.25) is 0 Å². The van der Waals surface area contributed by atoms with Crippen molar-refractivity contribution >= 4 is 0 Å². The number of rotatable bonds is 2. The van der Waals surface area contributed by atoms with Crippen LogP contribution in [-0.2, 0) is 0 Å². The molecule has 1 fully saturated rings. The van der Waals surface area contributed by atoms with E-state index in [2.05, 4.69) is 51.5 Å². The van der Waals surface area contributed by atoms with Crippen molar-refractivity contribution in [1.82, 2.24) is 9.80 Å². The number of nitrogens with zero attached hydrogens (tertiary/aromatic N) is 2. The van der Waals surface area contributed by atoms with Gasteiger partial charge in [-0.2, -0.15) is 0 Å². The van der Waals surface area contributed by atoms with E-state index in [4.69, 9.17) is 5.73 Å². The fraction of sp³-hybridized carbons (Fsp3) is 1.00. The number of piperazine rings is 1. The molecule has 0 bridgehead atoms. The van der Waals surface area contributed by atoms with Crippen LogP contribution in [0.4, 0.5) is 0 Å². The van der Waals surface area contributed by atoms with E-state index in [1.807, 2.05) is 0 Å². The van der Waals surface area contributed by atoms with Gasteiger partial charge in [0.1, 0.15) is 0 Å². The molecule has 2 N–H and O–H groups in total. The summed E-state index contributed by atoms with van der Waals surface area (Å²) in [4.78, 5) is 4.95. The van der Waals surface area contributed by atoms with Crippen LogP contribution in [0.25, 0.3) is 0 Å². The fourth-order valence-corrected chi connectivity index (χ4v) is 2.05. The van der Waals surface area contributed by atoms with E-state index in [1.54, 1.807) is 0 Å². The minimum atomic E-state index is 0.202. The Bertz CT molecular complexity index is 230. The zero-order valence-corrected chi connectivity index (χ0v) is 11.9. The largest absolute Gasteiger partial charge is 0.326 e. The Balaban J connectivity index is 2.52. The van der Waals surface area contributed by atoms with Crippen molar-refractivity contribution in [3.8, 4) is 0 Å². The van der Waals surface area contributed by atoms with Crippen molar-refractivity contribution in [3.05, 3.63) is 0 Å². The lowest BCUT2D eigenvalue weighted by molar-refractivity contribution is 0.0309. The first-order chi connectivity index (χ1) is 7.13. The van der Waals surface area contributed by atoms with E-state index >= 15 is 0 Å². The van der Waals surface area contributed by atoms with Gasteiger partial charge in [-0.1, -0.05) is 20.8 Å². The van der Waals surface area contributed by atoms with Crippen molar-refractivity contribution in [3.63, 3.8) is 0 Å². The van der Waals surface area contributed by atoms with Crippen LogP contribution in [0.5, 0.6) is 0 Å². The second-order valence-corrected chi connectivity index (χ2v) is 6.94. The van der Waals surface area contributed by atoms with Crippen molar-refractivity contribution in [2.24, 2.45) is 11.1 Å². The molecule has 1 aliphatic heterocycles. The first-order valence-corrected chi connectivity index (χ1v) is 6.32. The lowest BCUT2D eigenvalue weighted by Gasteiger charge is -2.46. The van der Waals surface area contributed by atoms with Gasteiger partial charge in [0.25, 0.3) is 0 Å². The monoisotopic (exact) mass is 227 g/mol. The Kier molecular flexibility index (Phi) is 4.04. The van der Waals surface area contributed by atoms with Crippen molar-refractivity contribution in [1.29, 1.82) is 0 Å². The van der Waals surface area contributed by atoms with Gasteiger partial charge in [0.05, 0.1) is 0 Å². The molecule has 0 aliphatic carbocycles. The molecule has 1 rings (SSSR count). The van der Waals surface area contributed by atoms with Crippen LogP contribution in [0.15, 0.2) is 0 Å². The van der Waals surface area contributed by atoms with E-state index in [0.717, 1.165) is 26.2 Å². The number of nitrogens with two attached hydrogens (primary N) is 1. The Labute approximate surface area is 101 Å². The molecular weight excluding hydrogens is 198 g/mol. The molecule has 0 saturated carbocycles. The highest BCUT2D eigenvalue weighted by molar-refractivity contribution is 4.90. The van der Waals surface area contributed by atoms with Crippen LogP contribution in [0.3, 0.4) is 0 Å². The summed E-state index contributed by atoms with van der Waals surface area (Å²) in [6.45, 7) is 15.7. The SMILES string of the molecule is CN1CCN(C[C@@H](N)C(C)(C)C)CC1(C)C. The van der Waals surface area contributed by atoms with E-state index in [1.165, 1.54) is 0 Å². The minimum Gasteiger partial charge on any atom is -0.326 e. The third-order valence-corrected chi connectivity index (χ3v) is 3.96. The Hall–Kier alpha value is -0.120. The zero-order chi connectivity index (χ0) is 12.6. The summed E-state index contributed by atoms with van der Waals surface area (Å²) in [5, 5.41) is 0. The fourth-order valence-electron chi connectivity index (χ4n) is 2.05. The second-order valence-electron chi connectivity index (χ2n) is 6.94. The smallest absolute Gasteiger partial charge is 0.0277 e. The van der Waals surface area contributed by atoms with Crippen LogP contribution >= 0.6 is 0 Å². The van der Waals surface area contributed by atoms with Gasteiger partial charge >= 0.3 is 0 Å². The topological polar surface area (TPSA) is 32.5 Å². The average Bonchev–Trinajstić information content (AvgIpc) is 2.09. The van der Waals surface area contributed by atoms with Gasteiger partial charge in [0, 0.05) is 37.8 Å². The molecule has 0 spiro atoms. The normalized spacial score (nSPS) is 25.7. The number of hydrogen-bond donors (Lipinski definition) is 1. The van der Waals surface area contributed by atoms with Crippen molar-refractivity contribution in [2.45, 2.75) is 46.2 Å². The minimum absolute atomic E-state index is 0.202. The van der Waals surface area contributed by atoms with Gasteiger partial charge in [0.15, 0.2) is 0 Å². The molecule has 0 unspecified atom stereocenters.